The zero-order chi connectivity index (χ0) is 16.2. The highest BCUT2D eigenvalue weighted by Gasteiger charge is 2.12. The SMILES string of the molecule is CC(C)(C)NCc1cc(Br)ccc1OCc1ccccc1F. The summed E-state index contributed by atoms with van der Waals surface area (Å²) in [5.41, 5.74) is 1.62. The van der Waals surface area contributed by atoms with Gasteiger partial charge in [0.25, 0.3) is 0 Å². The third kappa shape index (κ3) is 5.11. The lowest BCUT2D eigenvalue weighted by atomic mass is 10.1. The van der Waals surface area contributed by atoms with E-state index in [9.17, 15) is 4.39 Å². The van der Waals surface area contributed by atoms with Gasteiger partial charge in [0, 0.05) is 27.7 Å². The van der Waals surface area contributed by atoms with Gasteiger partial charge in [-0.2, -0.15) is 0 Å². The van der Waals surface area contributed by atoms with Crippen molar-refractivity contribution in [3.8, 4) is 5.75 Å². The normalized spacial score (nSPS) is 11.5. The van der Waals surface area contributed by atoms with Gasteiger partial charge in [-0.15, -0.1) is 0 Å². The summed E-state index contributed by atoms with van der Waals surface area (Å²) < 4.78 is 20.5. The zero-order valence-electron chi connectivity index (χ0n) is 13.1. The molecule has 0 saturated heterocycles. The zero-order valence-corrected chi connectivity index (χ0v) is 14.7. The summed E-state index contributed by atoms with van der Waals surface area (Å²) in [6.45, 7) is 7.26. The summed E-state index contributed by atoms with van der Waals surface area (Å²) in [6, 6.07) is 12.5. The van der Waals surface area contributed by atoms with Crippen LogP contribution in [0.3, 0.4) is 0 Å². The highest BCUT2D eigenvalue weighted by atomic mass is 79.9. The Morgan fingerprint density at radius 1 is 1.09 bits per heavy atom. The number of halogens is 2. The minimum atomic E-state index is -0.242. The molecule has 0 heterocycles. The van der Waals surface area contributed by atoms with Crippen LogP contribution in [0.5, 0.6) is 5.75 Å². The lowest BCUT2D eigenvalue weighted by molar-refractivity contribution is 0.294. The molecule has 0 saturated carbocycles. The van der Waals surface area contributed by atoms with Gasteiger partial charge in [-0.25, -0.2) is 4.39 Å². The van der Waals surface area contributed by atoms with Gasteiger partial charge in [-0.3, -0.25) is 0 Å². The number of nitrogens with one attached hydrogen (secondary N) is 1. The van der Waals surface area contributed by atoms with Crippen LogP contribution in [0.4, 0.5) is 4.39 Å². The monoisotopic (exact) mass is 365 g/mol. The molecular weight excluding hydrogens is 345 g/mol. The quantitative estimate of drug-likeness (QED) is 0.799. The topological polar surface area (TPSA) is 21.3 Å². The molecule has 0 aliphatic carbocycles. The van der Waals surface area contributed by atoms with Crippen molar-refractivity contribution in [1.29, 1.82) is 0 Å². The van der Waals surface area contributed by atoms with Gasteiger partial charge in [0.1, 0.15) is 18.2 Å². The van der Waals surface area contributed by atoms with Crippen LogP contribution in [0.1, 0.15) is 31.9 Å². The first-order valence-electron chi connectivity index (χ1n) is 7.25. The summed E-state index contributed by atoms with van der Waals surface area (Å²) in [4.78, 5) is 0. The average Bonchev–Trinajstić information content (AvgIpc) is 2.45. The molecule has 2 aromatic carbocycles. The Morgan fingerprint density at radius 3 is 2.50 bits per heavy atom. The largest absolute Gasteiger partial charge is 0.488 e. The lowest BCUT2D eigenvalue weighted by Crippen LogP contribution is -2.35. The second-order valence-corrected chi connectivity index (χ2v) is 7.15. The molecule has 0 spiro atoms. The molecule has 2 aromatic rings. The molecule has 0 unspecified atom stereocenters. The molecule has 0 aromatic heterocycles. The molecule has 0 amide bonds. The van der Waals surface area contributed by atoms with Gasteiger partial charge >= 0.3 is 0 Å². The predicted octanol–water partition coefficient (Wildman–Crippen LogP) is 5.06. The van der Waals surface area contributed by atoms with Crippen molar-refractivity contribution >= 4 is 15.9 Å². The summed E-state index contributed by atoms with van der Waals surface area (Å²) in [7, 11) is 0. The molecule has 0 fully saturated rings. The van der Waals surface area contributed by atoms with E-state index in [-0.39, 0.29) is 18.0 Å². The predicted molar refractivity (Wildman–Crippen MR) is 91.5 cm³/mol. The highest BCUT2D eigenvalue weighted by Crippen LogP contribution is 2.25. The smallest absolute Gasteiger partial charge is 0.129 e. The van der Waals surface area contributed by atoms with Gasteiger partial charge in [0.05, 0.1) is 0 Å². The van der Waals surface area contributed by atoms with Gasteiger partial charge in [-0.05, 0) is 45.0 Å². The number of hydrogen-bond acceptors (Lipinski definition) is 2. The van der Waals surface area contributed by atoms with Crippen LogP contribution >= 0.6 is 15.9 Å². The second-order valence-electron chi connectivity index (χ2n) is 6.24. The molecule has 2 nitrogen and oxygen atoms in total. The van der Waals surface area contributed by atoms with Crippen molar-refractivity contribution in [2.75, 3.05) is 0 Å². The van der Waals surface area contributed by atoms with Crippen molar-refractivity contribution in [1.82, 2.24) is 5.32 Å². The van der Waals surface area contributed by atoms with Crippen LogP contribution in [0.15, 0.2) is 46.9 Å². The molecule has 0 radical (unpaired) electrons. The Morgan fingerprint density at radius 2 is 1.82 bits per heavy atom. The highest BCUT2D eigenvalue weighted by molar-refractivity contribution is 9.10. The lowest BCUT2D eigenvalue weighted by Gasteiger charge is -2.22. The summed E-state index contributed by atoms with van der Waals surface area (Å²) in [5, 5.41) is 3.44. The number of rotatable bonds is 5. The number of hydrogen-bond donors (Lipinski definition) is 1. The van der Waals surface area contributed by atoms with Crippen LogP contribution in [-0.4, -0.2) is 5.54 Å². The maximum Gasteiger partial charge on any atom is 0.129 e. The molecule has 22 heavy (non-hydrogen) atoms. The van der Waals surface area contributed by atoms with E-state index in [1.54, 1.807) is 12.1 Å². The summed E-state index contributed by atoms with van der Waals surface area (Å²) in [5.74, 6) is 0.525. The molecule has 4 heteroatoms. The molecule has 2 rings (SSSR count). The molecule has 118 valence electrons. The first-order valence-corrected chi connectivity index (χ1v) is 8.04. The maximum atomic E-state index is 13.7. The Kier molecular flexibility index (Phi) is 5.59. The van der Waals surface area contributed by atoms with Crippen LogP contribution in [-0.2, 0) is 13.2 Å². The summed E-state index contributed by atoms with van der Waals surface area (Å²) in [6.07, 6.45) is 0. The van der Waals surface area contributed by atoms with Crippen LogP contribution < -0.4 is 10.1 Å². The Bertz CT molecular complexity index is 637. The first kappa shape index (κ1) is 17.0. The van der Waals surface area contributed by atoms with Crippen LogP contribution in [0.25, 0.3) is 0 Å². The first-order chi connectivity index (χ1) is 10.3. The van der Waals surface area contributed by atoms with Crippen molar-refractivity contribution < 1.29 is 9.13 Å². The van der Waals surface area contributed by atoms with Crippen LogP contribution in [0.2, 0.25) is 0 Å². The minimum Gasteiger partial charge on any atom is -0.488 e. The average molecular weight is 366 g/mol. The molecule has 0 atom stereocenters. The molecule has 0 aliphatic heterocycles. The van der Waals surface area contributed by atoms with Crippen molar-refractivity contribution in [2.45, 2.75) is 39.5 Å². The minimum absolute atomic E-state index is 0.0190. The van der Waals surface area contributed by atoms with E-state index in [0.29, 0.717) is 12.1 Å². The molecule has 0 bridgehead atoms. The van der Waals surface area contributed by atoms with Crippen molar-refractivity contribution in [3.05, 3.63) is 63.9 Å². The Hall–Kier alpha value is -1.39. The van der Waals surface area contributed by atoms with Gasteiger partial charge in [-0.1, -0.05) is 34.1 Å². The van der Waals surface area contributed by atoms with E-state index < -0.39 is 0 Å². The van der Waals surface area contributed by atoms with E-state index in [1.165, 1.54) is 6.07 Å². The van der Waals surface area contributed by atoms with Gasteiger partial charge < -0.3 is 10.1 Å². The van der Waals surface area contributed by atoms with E-state index in [4.69, 9.17) is 4.74 Å². The Labute approximate surface area is 139 Å². The fourth-order valence-electron chi connectivity index (χ4n) is 1.96. The van der Waals surface area contributed by atoms with Gasteiger partial charge in [0.2, 0.25) is 0 Å². The van der Waals surface area contributed by atoms with E-state index >= 15 is 0 Å². The Balaban J connectivity index is 2.11. The third-order valence-electron chi connectivity index (χ3n) is 3.17. The van der Waals surface area contributed by atoms with Gasteiger partial charge in [0.15, 0.2) is 0 Å². The number of benzene rings is 2. The fourth-order valence-corrected chi connectivity index (χ4v) is 2.37. The standard InChI is InChI=1S/C18H21BrFNO/c1-18(2,3)21-11-14-10-15(19)8-9-17(14)22-12-13-6-4-5-7-16(13)20/h4-10,21H,11-12H2,1-3H3. The third-order valence-corrected chi connectivity index (χ3v) is 3.67. The molecule has 1 N–H and O–H groups in total. The van der Waals surface area contributed by atoms with E-state index in [0.717, 1.165) is 15.8 Å². The molecular formula is C18H21BrFNO. The number of ether oxygens (including phenoxy) is 1. The molecule has 0 aliphatic rings. The van der Waals surface area contributed by atoms with E-state index in [1.807, 2.05) is 24.3 Å². The summed E-state index contributed by atoms with van der Waals surface area (Å²) >= 11 is 3.48. The fraction of sp³-hybridized carbons (Fsp3) is 0.333. The van der Waals surface area contributed by atoms with Crippen molar-refractivity contribution in [2.24, 2.45) is 0 Å². The maximum absolute atomic E-state index is 13.7. The van der Waals surface area contributed by atoms with Crippen LogP contribution in [0, 0.1) is 5.82 Å². The second kappa shape index (κ2) is 7.25. The van der Waals surface area contributed by atoms with Crippen molar-refractivity contribution in [3.63, 3.8) is 0 Å². The van der Waals surface area contributed by atoms with E-state index in [2.05, 4.69) is 42.0 Å².